The molecule has 4 aromatic rings. The summed E-state index contributed by atoms with van der Waals surface area (Å²) in [5.41, 5.74) is 15.2. The highest BCUT2D eigenvalue weighted by atomic mass is 33.1. The van der Waals surface area contributed by atoms with Crippen molar-refractivity contribution in [1.82, 2.24) is 47.5 Å². The molecule has 0 aliphatic carbocycles. The van der Waals surface area contributed by atoms with E-state index in [0.717, 1.165) is 43.6 Å². The lowest BCUT2D eigenvalue weighted by Crippen LogP contribution is -2.65. The molecule has 1 saturated heterocycles. The summed E-state index contributed by atoms with van der Waals surface area (Å²) in [6, 6.07) is 9.53. The van der Waals surface area contributed by atoms with Gasteiger partial charge in [-0.3, -0.25) is 38.4 Å². The van der Waals surface area contributed by atoms with E-state index >= 15 is 0 Å². The molecule has 4 unspecified atom stereocenters. The van der Waals surface area contributed by atoms with Crippen molar-refractivity contribution in [2.75, 3.05) is 12.3 Å². The number of aliphatic hydroxyl groups is 2. The van der Waals surface area contributed by atoms with Crippen LogP contribution in [0.1, 0.15) is 69.2 Å². The highest BCUT2D eigenvalue weighted by Crippen LogP contribution is 2.39. The van der Waals surface area contributed by atoms with Gasteiger partial charge in [0.1, 0.15) is 48.0 Å². The fourth-order valence-corrected chi connectivity index (χ4v) is 11.7. The van der Waals surface area contributed by atoms with Crippen LogP contribution in [-0.2, 0) is 64.2 Å². The average molecular weight is 1090 g/mol. The summed E-state index contributed by atoms with van der Waals surface area (Å²) in [7, 11) is 2.02. The predicted octanol–water partition coefficient (Wildman–Crippen LogP) is -0.684. The van der Waals surface area contributed by atoms with Gasteiger partial charge in [-0.2, -0.15) is 0 Å². The van der Waals surface area contributed by atoms with Crippen LogP contribution in [0.3, 0.4) is 0 Å². The second-order valence-corrected chi connectivity index (χ2v) is 22.6. The van der Waals surface area contributed by atoms with Crippen molar-refractivity contribution < 1.29 is 53.7 Å². The van der Waals surface area contributed by atoms with Crippen LogP contribution in [0.4, 0.5) is 0 Å². The van der Waals surface area contributed by atoms with E-state index in [1.54, 1.807) is 38.2 Å². The number of benzene rings is 3. The summed E-state index contributed by atoms with van der Waals surface area (Å²) in [6.07, 6.45) is -0.616. The first kappa shape index (κ1) is 58.6. The minimum Gasteiger partial charge on any atom is -0.508 e. The second kappa shape index (κ2) is 26.9. The van der Waals surface area contributed by atoms with Gasteiger partial charge in [0.15, 0.2) is 0 Å². The monoisotopic (exact) mass is 1090 g/mol. The maximum Gasteiger partial charge on any atom is 0.245 e. The van der Waals surface area contributed by atoms with E-state index in [9.17, 15) is 53.7 Å². The van der Waals surface area contributed by atoms with E-state index in [2.05, 4.69) is 47.5 Å². The molecule has 0 saturated carbocycles. The number of H-pyrrole nitrogens is 1. The molecule has 3 heterocycles. The number of primary amides is 1. The Morgan fingerprint density at radius 1 is 0.763 bits per heavy atom. The summed E-state index contributed by atoms with van der Waals surface area (Å²) in [5.74, 6) is -7.25. The number of hydrogen-bond donors (Lipinski definition) is 14. The number of aromatic hydroxyl groups is 1. The Morgan fingerprint density at radius 2 is 1.39 bits per heavy atom. The van der Waals surface area contributed by atoms with Gasteiger partial charge in [0.05, 0.1) is 18.2 Å². The minimum absolute atomic E-state index is 0.00796. The molecule has 0 radical (unpaired) electrons. The van der Waals surface area contributed by atoms with Gasteiger partial charge in [-0.25, -0.2) is 0 Å². The number of carbonyl (C=O) groups is 8. The summed E-state index contributed by atoms with van der Waals surface area (Å²) in [6.45, 7) is 6.19. The van der Waals surface area contributed by atoms with Crippen molar-refractivity contribution in [3.8, 4) is 5.75 Å². The van der Waals surface area contributed by atoms with Crippen LogP contribution in [0.15, 0.2) is 79.0 Å². The number of phenols is 1. The maximum absolute atomic E-state index is 14.9. The van der Waals surface area contributed by atoms with Crippen LogP contribution in [-0.4, -0.2) is 145 Å². The zero-order valence-electron chi connectivity index (χ0n) is 42.7. The molecule has 16 N–H and O–H groups in total. The Hall–Kier alpha value is -6.70. The van der Waals surface area contributed by atoms with Gasteiger partial charge in [0.25, 0.3) is 0 Å². The molecule has 24 heteroatoms. The summed E-state index contributed by atoms with van der Waals surface area (Å²) in [4.78, 5) is 117. The van der Waals surface area contributed by atoms with Gasteiger partial charge < -0.3 is 74.3 Å². The zero-order valence-corrected chi connectivity index (χ0v) is 44.4. The smallest absolute Gasteiger partial charge is 0.245 e. The fourth-order valence-electron chi connectivity index (χ4n) is 8.89. The lowest BCUT2D eigenvalue weighted by atomic mass is 9.95. The minimum atomic E-state index is -1.74. The Labute approximate surface area is 448 Å². The first-order valence-electron chi connectivity index (χ1n) is 25.1. The summed E-state index contributed by atoms with van der Waals surface area (Å²) in [5, 5.41) is 54.3. The Balaban J connectivity index is 1.43. The van der Waals surface area contributed by atoms with E-state index in [1.165, 1.54) is 26.0 Å². The van der Waals surface area contributed by atoms with Gasteiger partial charge in [-0.1, -0.05) is 76.2 Å². The topological polar surface area (TPSA) is 361 Å². The SMILES string of the molecule is C[C@@H](O)[C@H](NC(=O)C1NC(=O)[C@H]([C@@H](C)O)NC(=O)C(CCCCN)NC(=O)[C@@H](Cc2c[nH]c3ccccc23)NC(=O)C(Cc2ccc(O)cc2)NC(=O)C(NC(=O)[C@H]2Cc3ccccc3CN2)CSSC1(C)C)C(N)=O. The van der Waals surface area contributed by atoms with Crippen molar-refractivity contribution in [1.29, 1.82) is 0 Å². The number of aliphatic hydroxyl groups excluding tert-OH is 2. The fraction of sp³-hybridized carbons (Fsp3) is 0.462. The normalized spacial score (nSPS) is 24.2. The number of nitrogens with two attached hydrogens (primary N) is 2. The number of carbonyl (C=O) groups excluding carboxylic acids is 8. The number of para-hydroxylation sites is 1. The lowest BCUT2D eigenvalue weighted by molar-refractivity contribution is -0.137. The molecule has 0 spiro atoms. The Morgan fingerprint density at radius 3 is 2.07 bits per heavy atom. The predicted molar refractivity (Wildman–Crippen MR) is 288 cm³/mol. The molecule has 410 valence electrons. The second-order valence-electron chi connectivity index (χ2n) is 19.6. The van der Waals surface area contributed by atoms with E-state index in [4.69, 9.17) is 11.5 Å². The molecule has 3 aromatic carbocycles. The molecule has 22 nitrogen and oxygen atoms in total. The van der Waals surface area contributed by atoms with Crippen molar-refractivity contribution in [3.63, 3.8) is 0 Å². The quantitative estimate of drug-likeness (QED) is 0.0518. The van der Waals surface area contributed by atoms with Crippen LogP contribution in [0.5, 0.6) is 5.75 Å². The van der Waals surface area contributed by atoms with Crippen LogP contribution < -0.4 is 54.0 Å². The number of unbranched alkanes of at least 4 members (excludes halogenated alkanes) is 1. The first-order chi connectivity index (χ1) is 36.1. The van der Waals surface area contributed by atoms with E-state index in [1.807, 2.05) is 42.5 Å². The summed E-state index contributed by atoms with van der Waals surface area (Å²) < 4.78 is -1.40. The average Bonchev–Trinajstić information content (AvgIpc) is 3.80. The number of phenolic OH excluding ortho intramolecular Hbond substituents is 1. The van der Waals surface area contributed by atoms with Gasteiger partial charge in [0, 0.05) is 47.0 Å². The molecule has 1 aromatic heterocycles. The van der Waals surface area contributed by atoms with Gasteiger partial charge >= 0.3 is 0 Å². The van der Waals surface area contributed by atoms with Crippen molar-refractivity contribution in [2.24, 2.45) is 11.5 Å². The molecule has 76 heavy (non-hydrogen) atoms. The van der Waals surface area contributed by atoms with E-state index in [-0.39, 0.29) is 37.3 Å². The largest absolute Gasteiger partial charge is 0.508 e. The molecule has 0 bridgehead atoms. The summed E-state index contributed by atoms with van der Waals surface area (Å²) >= 11 is 0. The number of rotatable bonds is 15. The number of hydrogen-bond acceptors (Lipinski definition) is 15. The number of fused-ring (bicyclic) bond motifs is 2. The molecule has 10 atom stereocenters. The van der Waals surface area contributed by atoms with Gasteiger partial charge in [0.2, 0.25) is 47.3 Å². The highest BCUT2D eigenvalue weighted by Gasteiger charge is 2.43. The maximum atomic E-state index is 14.9. The third-order valence-electron chi connectivity index (χ3n) is 13.3. The Bertz CT molecular complexity index is 2720. The van der Waals surface area contributed by atoms with Crippen molar-refractivity contribution in [2.45, 2.75) is 138 Å². The van der Waals surface area contributed by atoms with E-state index < -0.39 is 113 Å². The number of aromatic amines is 1. The number of amides is 8. The van der Waals surface area contributed by atoms with E-state index in [0.29, 0.717) is 36.9 Å². The van der Waals surface area contributed by atoms with Crippen molar-refractivity contribution >= 4 is 79.7 Å². The van der Waals surface area contributed by atoms with Crippen LogP contribution in [0, 0.1) is 0 Å². The third-order valence-corrected chi connectivity index (χ3v) is 16.6. The third kappa shape index (κ3) is 15.7. The molecule has 2 aliphatic rings. The highest BCUT2D eigenvalue weighted by molar-refractivity contribution is 8.77. The molecule has 8 amide bonds. The molecule has 2 aliphatic heterocycles. The van der Waals surface area contributed by atoms with Crippen molar-refractivity contribution in [3.05, 3.63) is 101 Å². The molecule has 6 rings (SSSR count). The van der Waals surface area contributed by atoms with Crippen LogP contribution in [0.25, 0.3) is 10.9 Å². The standard InChI is InChI=1S/C52H69N11O11S2/c1-27(64)41(44(54)67)61-51(74)43-52(3,4)76-75-26-40(60-46(69)37-22-30-11-5-6-12-31(30)24-56-37)49(72)58-38(21-29-16-18-33(66)19-17-29)47(70)59-39(23-32-25-55-35-14-8-7-13-34(32)35)48(71)57-36(15-9-10-20-53)45(68)62-42(28(2)65)50(73)63-43/h5-8,11-14,16-19,25,27-28,36-43,55-56,64-66H,9-10,15,20-24,26,53H2,1-4H3,(H2,54,67)(H,57,71)(H,58,72)(H,59,70)(H,60,69)(H,61,74)(H,62,68)(H,63,73)/t27-,28-,36?,37-,38?,39-,40?,41+,42+,43?/m1/s1. The molecule has 1 fully saturated rings. The first-order valence-corrected chi connectivity index (χ1v) is 27.4. The number of aromatic nitrogens is 1. The molecular formula is C52H69N11O11S2. The van der Waals surface area contributed by atoms with Crippen LogP contribution in [0.2, 0.25) is 0 Å². The number of nitrogens with one attached hydrogen (secondary N) is 9. The van der Waals surface area contributed by atoms with Gasteiger partial charge in [-0.15, -0.1) is 0 Å². The molecular weight excluding hydrogens is 1020 g/mol. The van der Waals surface area contributed by atoms with Gasteiger partial charge in [-0.05, 0) is 100 Å². The zero-order chi connectivity index (χ0) is 55.3. The lowest BCUT2D eigenvalue weighted by Gasteiger charge is -2.36. The van der Waals surface area contributed by atoms with Crippen LogP contribution >= 0.6 is 21.6 Å². The Kier molecular flexibility index (Phi) is 20.7.